The zero-order valence-corrected chi connectivity index (χ0v) is 12.4. The van der Waals surface area contributed by atoms with E-state index < -0.39 is 16.1 Å². The van der Waals surface area contributed by atoms with E-state index in [2.05, 4.69) is 0 Å². The Morgan fingerprint density at radius 1 is 1.21 bits per heavy atom. The van der Waals surface area contributed by atoms with Crippen LogP contribution in [-0.2, 0) is 10.0 Å². The smallest absolute Gasteiger partial charge is 0.243 e. The van der Waals surface area contributed by atoms with E-state index in [1.807, 2.05) is 0 Å². The second-order valence-corrected chi connectivity index (χ2v) is 7.33. The molecular formula is C13H18ClNO3S. The molecule has 0 amide bonds. The summed E-state index contributed by atoms with van der Waals surface area (Å²) in [6, 6.07) is 5.75. The molecule has 6 heteroatoms. The van der Waals surface area contributed by atoms with Crippen LogP contribution in [0.1, 0.15) is 25.7 Å². The first kappa shape index (κ1) is 14.8. The quantitative estimate of drug-likeness (QED) is 0.932. The first-order valence-corrected chi connectivity index (χ1v) is 8.16. The van der Waals surface area contributed by atoms with Crippen LogP contribution in [0, 0.1) is 0 Å². The van der Waals surface area contributed by atoms with E-state index in [1.54, 1.807) is 12.1 Å². The van der Waals surface area contributed by atoms with Crippen molar-refractivity contribution in [2.45, 2.75) is 42.7 Å². The molecule has 1 aromatic rings. The highest BCUT2D eigenvalue weighted by Crippen LogP contribution is 2.27. The largest absolute Gasteiger partial charge is 0.391 e. The number of hydrogen-bond acceptors (Lipinski definition) is 3. The minimum absolute atomic E-state index is 0.206. The maximum atomic E-state index is 12.5. The van der Waals surface area contributed by atoms with Gasteiger partial charge in [0.05, 0.1) is 17.0 Å². The zero-order chi connectivity index (χ0) is 14.0. The SMILES string of the molecule is CN([C@@H]1CCCC[C@H]1O)S(=O)(=O)c1ccc(Cl)cc1. The van der Waals surface area contributed by atoms with Crippen LogP contribution < -0.4 is 0 Å². The molecule has 1 aliphatic carbocycles. The van der Waals surface area contributed by atoms with E-state index in [9.17, 15) is 13.5 Å². The molecule has 106 valence electrons. The Labute approximate surface area is 119 Å². The van der Waals surface area contributed by atoms with Gasteiger partial charge in [0.1, 0.15) is 0 Å². The Kier molecular flexibility index (Phi) is 4.50. The van der Waals surface area contributed by atoms with Gasteiger partial charge in [-0.15, -0.1) is 0 Å². The molecule has 2 rings (SSSR count). The van der Waals surface area contributed by atoms with Crippen LogP contribution in [0.15, 0.2) is 29.2 Å². The third kappa shape index (κ3) is 3.11. The molecule has 0 unspecified atom stereocenters. The summed E-state index contributed by atoms with van der Waals surface area (Å²) in [5, 5.41) is 10.5. The zero-order valence-electron chi connectivity index (χ0n) is 10.8. The predicted molar refractivity (Wildman–Crippen MR) is 74.7 cm³/mol. The van der Waals surface area contributed by atoms with Crippen LogP contribution in [0.2, 0.25) is 5.02 Å². The molecule has 0 heterocycles. The molecule has 0 bridgehead atoms. The molecule has 0 radical (unpaired) electrons. The van der Waals surface area contributed by atoms with Crippen LogP contribution in [0.5, 0.6) is 0 Å². The first-order chi connectivity index (χ1) is 8.93. The average Bonchev–Trinajstić information content (AvgIpc) is 2.39. The summed E-state index contributed by atoms with van der Waals surface area (Å²) in [5.41, 5.74) is 0. The molecule has 0 aliphatic heterocycles. The van der Waals surface area contributed by atoms with Crippen LogP contribution in [-0.4, -0.2) is 37.0 Å². The second-order valence-electron chi connectivity index (χ2n) is 4.89. The standard InChI is InChI=1S/C13H18ClNO3S/c1-15(12-4-2-3-5-13(12)16)19(17,18)11-8-6-10(14)7-9-11/h6-9,12-13,16H,2-5H2,1H3/t12-,13-/m1/s1. The highest BCUT2D eigenvalue weighted by Gasteiger charge is 2.34. The summed E-state index contributed by atoms with van der Waals surface area (Å²) in [6.45, 7) is 0. The van der Waals surface area contributed by atoms with E-state index in [1.165, 1.54) is 23.5 Å². The lowest BCUT2D eigenvalue weighted by molar-refractivity contribution is 0.0638. The van der Waals surface area contributed by atoms with E-state index in [-0.39, 0.29) is 10.9 Å². The maximum absolute atomic E-state index is 12.5. The highest BCUT2D eigenvalue weighted by molar-refractivity contribution is 7.89. The van der Waals surface area contributed by atoms with Gasteiger partial charge < -0.3 is 5.11 Å². The lowest BCUT2D eigenvalue weighted by atomic mass is 9.93. The monoisotopic (exact) mass is 303 g/mol. The first-order valence-electron chi connectivity index (χ1n) is 6.34. The minimum atomic E-state index is -3.57. The summed E-state index contributed by atoms with van der Waals surface area (Å²) in [5.74, 6) is 0. The van der Waals surface area contributed by atoms with Crippen molar-refractivity contribution in [3.05, 3.63) is 29.3 Å². The van der Waals surface area contributed by atoms with Gasteiger partial charge in [-0.05, 0) is 37.1 Å². The van der Waals surface area contributed by atoms with Crippen LogP contribution >= 0.6 is 11.6 Å². The molecule has 1 saturated carbocycles. The lowest BCUT2D eigenvalue weighted by Gasteiger charge is -2.34. The van der Waals surface area contributed by atoms with Gasteiger partial charge in [-0.1, -0.05) is 24.4 Å². The molecule has 0 saturated heterocycles. The van der Waals surface area contributed by atoms with Crippen molar-refractivity contribution in [3.8, 4) is 0 Å². The molecular weight excluding hydrogens is 286 g/mol. The van der Waals surface area contributed by atoms with Crippen LogP contribution in [0.4, 0.5) is 0 Å². The van der Waals surface area contributed by atoms with Gasteiger partial charge >= 0.3 is 0 Å². The van der Waals surface area contributed by atoms with Crippen molar-refractivity contribution < 1.29 is 13.5 Å². The third-order valence-corrected chi connectivity index (χ3v) is 5.80. The Morgan fingerprint density at radius 3 is 2.37 bits per heavy atom. The molecule has 4 nitrogen and oxygen atoms in total. The Hall–Kier alpha value is -0.620. The fourth-order valence-corrected chi connectivity index (χ4v) is 4.01. The van der Waals surface area contributed by atoms with Crippen molar-refractivity contribution in [2.24, 2.45) is 0 Å². The van der Waals surface area contributed by atoms with Gasteiger partial charge in [-0.3, -0.25) is 0 Å². The number of hydrogen-bond donors (Lipinski definition) is 1. The van der Waals surface area contributed by atoms with Crippen molar-refractivity contribution >= 4 is 21.6 Å². The van der Waals surface area contributed by atoms with Gasteiger partial charge in [-0.2, -0.15) is 4.31 Å². The number of halogens is 1. The lowest BCUT2D eigenvalue weighted by Crippen LogP contribution is -2.46. The summed E-state index contributed by atoms with van der Waals surface area (Å²) in [4.78, 5) is 0.206. The molecule has 1 aromatic carbocycles. The average molecular weight is 304 g/mol. The molecule has 1 N–H and O–H groups in total. The molecule has 1 fully saturated rings. The Morgan fingerprint density at radius 2 is 1.79 bits per heavy atom. The van der Waals surface area contributed by atoms with Crippen molar-refractivity contribution in [2.75, 3.05) is 7.05 Å². The normalized spacial score (nSPS) is 24.6. The van der Waals surface area contributed by atoms with Gasteiger partial charge in [0.2, 0.25) is 10.0 Å². The Balaban J connectivity index is 2.25. The molecule has 0 aromatic heterocycles. The fraction of sp³-hybridized carbons (Fsp3) is 0.538. The summed E-state index contributed by atoms with van der Waals surface area (Å²) in [6.07, 6.45) is 2.67. The number of benzene rings is 1. The van der Waals surface area contributed by atoms with Crippen LogP contribution in [0.3, 0.4) is 0 Å². The number of nitrogens with zero attached hydrogens (tertiary/aromatic N) is 1. The van der Waals surface area contributed by atoms with E-state index >= 15 is 0 Å². The number of rotatable bonds is 3. The van der Waals surface area contributed by atoms with Crippen molar-refractivity contribution in [3.63, 3.8) is 0 Å². The highest BCUT2D eigenvalue weighted by atomic mass is 35.5. The van der Waals surface area contributed by atoms with Gasteiger partial charge in [0, 0.05) is 12.1 Å². The fourth-order valence-electron chi connectivity index (χ4n) is 2.47. The van der Waals surface area contributed by atoms with Gasteiger partial charge in [-0.25, -0.2) is 8.42 Å². The van der Waals surface area contributed by atoms with Crippen LogP contribution in [0.25, 0.3) is 0 Å². The number of likely N-dealkylation sites (N-methyl/N-ethyl adjacent to an activating group) is 1. The molecule has 1 aliphatic rings. The van der Waals surface area contributed by atoms with Crippen molar-refractivity contribution in [1.82, 2.24) is 4.31 Å². The summed E-state index contributed by atoms with van der Waals surface area (Å²) in [7, 11) is -2.04. The second kappa shape index (κ2) is 5.79. The Bertz CT molecular complexity index is 529. The van der Waals surface area contributed by atoms with Gasteiger partial charge in [0.15, 0.2) is 0 Å². The number of aliphatic hydroxyl groups is 1. The summed E-state index contributed by atoms with van der Waals surface area (Å²) < 4.78 is 26.2. The maximum Gasteiger partial charge on any atom is 0.243 e. The molecule has 19 heavy (non-hydrogen) atoms. The van der Waals surface area contributed by atoms with Gasteiger partial charge in [0.25, 0.3) is 0 Å². The minimum Gasteiger partial charge on any atom is -0.391 e. The van der Waals surface area contributed by atoms with E-state index in [0.29, 0.717) is 17.9 Å². The molecule has 0 spiro atoms. The number of sulfonamides is 1. The van der Waals surface area contributed by atoms with E-state index in [4.69, 9.17) is 11.6 Å². The molecule has 2 atom stereocenters. The van der Waals surface area contributed by atoms with E-state index in [0.717, 1.165) is 12.8 Å². The number of aliphatic hydroxyl groups excluding tert-OH is 1. The summed E-state index contributed by atoms with van der Waals surface area (Å²) >= 11 is 5.76. The topological polar surface area (TPSA) is 57.6 Å². The third-order valence-electron chi connectivity index (χ3n) is 3.65. The predicted octanol–water partition coefficient (Wildman–Crippen LogP) is 2.26. The van der Waals surface area contributed by atoms with Crippen molar-refractivity contribution in [1.29, 1.82) is 0 Å².